The van der Waals surface area contributed by atoms with Gasteiger partial charge in [-0.25, -0.2) is 4.98 Å². The van der Waals surface area contributed by atoms with Crippen molar-refractivity contribution in [1.82, 2.24) is 10.3 Å². The van der Waals surface area contributed by atoms with E-state index in [1.807, 2.05) is 13.8 Å². The topological polar surface area (TPSA) is 82.5 Å². The summed E-state index contributed by atoms with van der Waals surface area (Å²) in [5.41, 5.74) is 0.257. The van der Waals surface area contributed by atoms with Crippen molar-refractivity contribution in [3.63, 3.8) is 0 Å². The van der Waals surface area contributed by atoms with Gasteiger partial charge in [0.25, 0.3) is 0 Å². The number of carbonyl (C=O) groups excluding carboxylic acids is 1. The zero-order chi connectivity index (χ0) is 19.1. The summed E-state index contributed by atoms with van der Waals surface area (Å²) in [5.74, 6) is 2.44. The molecule has 0 aliphatic heterocycles. The molecule has 26 heavy (non-hydrogen) atoms. The first-order valence-electron chi connectivity index (χ1n) is 9.21. The third kappa shape index (κ3) is 2.96. The van der Waals surface area contributed by atoms with E-state index in [4.69, 9.17) is 11.4 Å². The lowest BCUT2D eigenvalue weighted by molar-refractivity contribution is -0.144. The Kier molecular flexibility index (Phi) is 5.17. The largest absolute Gasteiger partial charge is 0.396 e. The molecule has 1 heterocycles. The molecule has 1 saturated carbocycles. The van der Waals surface area contributed by atoms with Gasteiger partial charge in [0, 0.05) is 22.6 Å². The molecule has 1 fully saturated rings. The predicted octanol–water partition coefficient (Wildman–Crippen LogP) is 2.01. The molecular weight excluding hydrogens is 348 g/mol. The van der Waals surface area contributed by atoms with Gasteiger partial charge in [-0.3, -0.25) is 4.79 Å². The lowest BCUT2D eigenvalue weighted by atomic mass is 9.47. The standard InChI is InChI=1S/C20H28N2O3S/c1-5-8-21-17(25)9-13-18-14(26-12(2)22-18)10-15-19(13,3)7-6-16(24)20(15,4)11-23/h1,13,15-16,23-24H,6-11H2,2-4H3,(H,21,25). The summed E-state index contributed by atoms with van der Waals surface area (Å²) < 4.78 is 0. The highest BCUT2D eigenvalue weighted by atomic mass is 32.1. The van der Waals surface area contributed by atoms with Crippen LogP contribution < -0.4 is 5.32 Å². The number of hydrogen-bond acceptors (Lipinski definition) is 5. The second-order valence-electron chi connectivity index (χ2n) is 8.26. The van der Waals surface area contributed by atoms with E-state index in [1.165, 1.54) is 4.88 Å². The molecule has 0 radical (unpaired) electrons. The Balaban J connectivity index is 2.03. The smallest absolute Gasteiger partial charge is 0.221 e. The lowest BCUT2D eigenvalue weighted by Gasteiger charge is -2.58. The first-order valence-corrected chi connectivity index (χ1v) is 10.0. The van der Waals surface area contributed by atoms with Gasteiger partial charge in [-0.15, -0.1) is 17.8 Å². The number of hydrogen-bond donors (Lipinski definition) is 3. The molecular formula is C20H28N2O3S. The number of nitrogens with one attached hydrogen (secondary N) is 1. The SMILES string of the molecule is C#CCNC(=O)CC1c2nc(C)sc2CC2C(C)(CO)C(O)CCC12C. The maximum atomic E-state index is 12.5. The fraction of sp³-hybridized carbons (Fsp3) is 0.700. The number of terminal acetylenes is 1. The van der Waals surface area contributed by atoms with Crippen molar-refractivity contribution in [1.29, 1.82) is 0 Å². The first kappa shape index (κ1) is 19.3. The molecule has 5 nitrogen and oxygen atoms in total. The van der Waals surface area contributed by atoms with Crippen LogP contribution in [0.3, 0.4) is 0 Å². The predicted molar refractivity (Wildman–Crippen MR) is 102 cm³/mol. The van der Waals surface area contributed by atoms with Gasteiger partial charge < -0.3 is 15.5 Å². The number of aromatic nitrogens is 1. The van der Waals surface area contributed by atoms with Gasteiger partial charge in [0.2, 0.25) is 5.91 Å². The number of rotatable bonds is 4. The van der Waals surface area contributed by atoms with Crippen LogP contribution in [0.15, 0.2) is 0 Å². The lowest BCUT2D eigenvalue weighted by Crippen LogP contribution is -2.57. The van der Waals surface area contributed by atoms with Crippen molar-refractivity contribution >= 4 is 17.2 Å². The van der Waals surface area contributed by atoms with Crippen molar-refractivity contribution in [2.75, 3.05) is 13.2 Å². The van der Waals surface area contributed by atoms with E-state index in [9.17, 15) is 15.0 Å². The summed E-state index contributed by atoms with van der Waals surface area (Å²) >= 11 is 1.67. The fourth-order valence-corrected chi connectivity index (χ4v) is 6.22. The average Bonchev–Trinajstić information content (AvgIpc) is 2.98. The van der Waals surface area contributed by atoms with Crippen LogP contribution in [0.2, 0.25) is 0 Å². The summed E-state index contributed by atoms with van der Waals surface area (Å²) in [6.45, 7) is 6.34. The van der Waals surface area contributed by atoms with Gasteiger partial charge in [-0.2, -0.15) is 0 Å². The van der Waals surface area contributed by atoms with E-state index in [-0.39, 0.29) is 36.3 Å². The van der Waals surface area contributed by atoms with E-state index >= 15 is 0 Å². The van der Waals surface area contributed by atoms with E-state index in [1.54, 1.807) is 11.3 Å². The molecule has 1 amide bonds. The molecule has 2 aliphatic carbocycles. The van der Waals surface area contributed by atoms with Crippen LogP contribution in [0.25, 0.3) is 0 Å². The normalized spacial score (nSPS) is 35.9. The molecule has 0 bridgehead atoms. The van der Waals surface area contributed by atoms with Crippen LogP contribution in [0, 0.1) is 36.0 Å². The second-order valence-corrected chi connectivity index (χ2v) is 9.55. The Morgan fingerprint density at radius 1 is 1.50 bits per heavy atom. The number of aliphatic hydroxyl groups is 2. The van der Waals surface area contributed by atoms with Crippen molar-refractivity contribution in [2.24, 2.45) is 16.7 Å². The van der Waals surface area contributed by atoms with Crippen LogP contribution in [0.1, 0.15) is 54.6 Å². The second kappa shape index (κ2) is 6.95. The third-order valence-corrected chi connectivity index (χ3v) is 7.79. The molecule has 3 N–H and O–H groups in total. The summed E-state index contributed by atoms with van der Waals surface area (Å²) in [6.07, 6.45) is 7.31. The molecule has 6 heteroatoms. The van der Waals surface area contributed by atoms with E-state index in [2.05, 4.69) is 18.2 Å². The average molecular weight is 377 g/mol. The quantitative estimate of drug-likeness (QED) is 0.702. The summed E-state index contributed by atoms with van der Waals surface area (Å²) in [7, 11) is 0. The van der Waals surface area contributed by atoms with Crippen LogP contribution in [0.4, 0.5) is 0 Å². The molecule has 0 aromatic carbocycles. The highest BCUT2D eigenvalue weighted by molar-refractivity contribution is 7.11. The molecule has 5 unspecified atom stereocenters. The van der Waals surface area contributed by atoms with Crippen LogP contribution in [0.5, 0.6) is 0 Å². The number of amides is 1. The molecule has 0 spiro atoms. The Morgan fingerprint density at radius 3 is 2.88 bits per heavy atom. The van der Waals surface area contributed by atoms with Gasteiger partial charge in [0.05, 0.1) is 30.0 Å². The van der Waals surface area contributed by atoms with Gasteiger partial charge in [-0.1, -0.05) is 19.8 Å². The Labute approximate surface area is 159 Å². The zero-order valence-electron chi connectivity index (χ0n) is 15.7. The Hall–Kier alpha value is -1.42. The molecule has 142 valence electrons. The van der Waals surface area contributed by atoms with Crippen molar-refractivity contribution in [2.45, 2.75) is 58.5 Å². The Morgan fingerprint density at radius 2 is 2.23 bits per heavy atom. The molecule has 0 saturated heterocycles. The van der Waals surface area contributed by atoms with Crippen LogP contribution >= 0.6 is 11.3 Å². The number of thiazole rings is 1. The monoisotopic (exact) mass is 376 g/mol. The van der Waals surface area contributed by atoms with Crippen molar-refractivity contribution in [3.8, 4) is 12.3 Å². The molecule has 2 aliphatic rings. The molecule has 1 aromatic rings. The van der Waals surface area contributed by atoms with Crippen molar-refractivity contribution in [3.05, 3.63) is 15.6 Å². The number of carbonyl (C=O) groups is 1. The van der Waals surface area contributed by atoms with Crippen LogP contribution in [-0.2, 0) is 11.2 Å². The molecule has 3 rings (SSSR count). The van der Waals surface area contributed by atoms with Gasteiger partial charge in [0.1, 0.15) is 0 Å². The molecule has 1 aromatic heterocycles. The van der Waals surface area contributed by atoms with E-state index in [0.717, 1.165) is 23.5 Å². The summed E-state index contributed by atoms with van der Waals surface area (Å²) in [6, 6.07) is 0. The highest BCUT2D eigenvalue weighted by Gasteiger charge is 2.59. The minimum atomic E-state index is -0.573. The molecule has 5 atom stereocenters. The highest BCUT2D eigenvalue weighted by Crippen LogP contribution is 2.62. The number of aryl methyl sites for hydroxylation is 1. The number of fused-ring (bicyclic) bond motifs is 2. The maximum absolute atomic E-state index is 12.5. The zero-order valence-corrected chi connectivity index (χ0v) is 16.5. The number of nitrogens with zero attached hydrogens (tertiary/aromatic N) is 1. The summed E-state index contributed by atoms with van der Waals surface area (Å²) in [5, 5.41) is 24.6. The van der Waals surface area contributed by atoms with Crippen LogP contribution in [-0.4, -0.2) is 40.4 Å². The van der Waals surface area contributed by atoms with E-state index < -0.39 is 11.5 Å². The van der Waals surface area contributed by atoms with E-state index in [0.29, 0.717) is 12.8 Å². The van der Waals surface area contributed by atoms with Gasteiger partial charge in [0.15, 0.2) is 0 Å². The Bertz CT molecular complexity index is 740. The van der Waals surface area contributed by atoms with Crippen molar-refractivity contribution < 1.29 is 15.0 Å². The maximum Gasteiger partial charge on any atom is 0.221 e. The minimum absolute atomic E-state index is 0.0302. The first-order chi connectivity index (χ1) is 12.3. The van der Waals surface area contributed by atoms with Gasteiger partial charge in [-0.05, 0) is 37.5 Å². The summed E-state index contributed by atoms with van der Waals surface area (Å²) in [4.78, 5) is 18.4. The number of aliphatic hydroxyl groups excluding tert-OH is 2. The minimum Gasteiger partial charge on any atom is -0.396 e. The van der Waals surface area contributed by atoms with Gasteiger partial charge >= 0.3 is 0 Å². The third-order valence-electron chi connectivity index (χ3n) is 6.78. The fourth-order valence-electron chi connectivity index (χ4n) is 5.17.